The van der Waals surface area contributed by atoms with Gasteiger partial charge in [-0.2, -0.15) is 13.2 Å². The molecule has 0 unspecified atom stereocenters. The molecule has 3 amide bonds. The second kappa shape index (κ2) is 5.92. The lowest BCUT2D eigenvalue weighted by Crippen LogP contribution is -2.46. The maximum absolute atomic E-state index is 12.6. The van der Waals surface area contributed by atoms with E-state index in [2.05, 4.69) is 5.32 Å². The van der Waals surface area contributed by atoms with Gasteiger partial charge in [-0.3, -0.25) is 19.7 Å². The Morgan fingerprint density at radius 3 is 2.25 bits per heavy atom. The van der Waals surface area contributed by atoms with E-state index in [1.165, 1.54) is 17.0 Å². The summed E-state index contributed by atoms with van der Waals surface area (Å²) in [4.78, 5) is 37.1. The molecule has 1 N–H and O–H groups in total. The Labute approximate surface area is 135 Å². The number of benzene rings is 1. The number of amides is 3. The van der Waals surface area contributed by atoms with Gasteiger partial charge >= 0.3 is 6.18 Å². The van der Waals surface area contributed by atoms with E-state index >= 15 is 0 Å². The number of rotatable bonds is 4. The van der Waals surface area contributed by atoms with Crippen LogP contribution in [0.5, 0.6) is 0 Å². The van der Waals surface area contributed by atoms with E-state index in [9.17, 15) is 27.6 Å². The molecule has 1 heterocycles. The van der Waals surface area contributed by atoms with Crippen molar-refractivity contribution in [3.05, 3.63) is 35.4 Å². The standard InChI is InChI=1S/C16H15F3N2O3/c17-16(18,19)10-3-1-9(2-4-10)7-14(23)21(11-5-6-11)12-8-13(22)20-15(12)24/h1-4,11-12H,5-8H2,(H,20,22,24)/t12-/m0/s1. The van der Waals surface area contributed by atoms with Crippen LogP contribution in [0.2, 0.25) is 0 Å². The number of alkyl halides is 3. The first-order chi connectivity index (χ1) is 11.3. The topological polar surface area (TPSA) is 66.5 Å². The van der Waals surface area contributed by atoms with Crippen molar-refractivity contribution in [1.82, 2.24) is 10.2 Å². The fraction of sp³-hybridized carbons (Fsp3) is 0.438. The Morgan fingerprint density at radius 1 is 1.17 bits per heavy atom. The molecule has 1 saturated heterocycles. The van der Waals surface area contributed by atoms with Crippen LogP contribution in [0.3, 0.4) is 0 Å². The Kier molecular flexibility index (Phi) is 4.06. The maximum Gasteiger partial charge on any atom is 0.416 e. The summed E-state index contributed by atoms with van der Waals surface area (Å²) in [5.41, 5.74) is -0.345. The molecule has 128 valence electrons. The number of nitrogens with zero attached hydrogens (tertiary/aromatic N) is 1. The van der Waals surface area contributed by atoms with Gasteiger partial charge in [-0.25, -0.2) is 0 Å². The third kappa shape index (κ3) is 3.42. The molecule has 1 saturated carbocycles. The summed E-state index contributed by atoms with van der Waals surface area (Å²) in [7, 11) is 0. The van der Waals surface area contributed by atoms with E-state index in [0.717, 1.165) is 25.0 Å². The molecule has 1 aliphatic heterocycles. The van der Waals surface area contributed by atoms with Crippen molar-refractivity contribution in [2.24, 2.45) is 0 Å². The third-order valence-electron chi connectivity index (χ3n) is 4.14. The van der Waals surface area contributed by atoms with Crippen LogP contribution in [0.25, 0.3) is 0 Å². The van der Waals surface area contributed by atoms with E-state index in [4.69, 9.17) is 0 Å². The van der Waals surface area contributed by atoms with Gasteiger partial charge in [0.2, 0.25) is 17.7 Å². The highest BCUT2D eigenvalue weighted by molar-refractivity contribution is 6.07. The molecule has 3 rings (SSSR count). The Bertz CT molecular complexity index is 681. The molecule has 8 heteroatoms. The van der Waals surface area contributed by atoms with Gasteiger partial charge in [-0.05, 0) is 30.5 Å². The van der Waals surface area contributed by atoms with Crippen LogP contribution in [-0.2, 0) is 27.0 Å². The second-order valence-electron chi connectivity index (χ2n) is 6.04. The number of carbonyl (C=O) groups is 3. The summed E-state index contributed by atoms with van der Waals surface area (Å²) in [6.07, 6.45) is -3.07. The van der Waals surface area contributed by atoms with Crippen LogP contribution in [0.15, 0.2) is 24.3 Å². The zero-order valence-electron chi connectivity index (χ0n) is 12.6. The SMILES string of the molecule is O=C1C[C@H](N(C(=O)Cc2ccc(C(F)(F)F)cc2)C2CC2)C(=O)N1. The monoisotopic (exact) mass is 340 g/mol. The molecular formula is C16H15F3N2O3. The van der Waals surface area contributed by atoms with E-state index in [-0.39, 0.29) is 24.8 Å². The average molecular weight is 340 g/mol. The van der Waals surface area contributed by atoms with Crippen molar-refractivity contribution in [2.45, 2.75) is 43.9 Å². The smallest absolute Gasteiger partial charge is 0.327 e. The van der Waals surface area contributed by atoms with Gasteiger partial charge in [0.15, 0.2) is 0 Å². The van der Waals surface area contributed by atoms with Gasteiger partial charge in [0, 0.05) is 6.04 Å². The minimum Gasteiger partial charge on any atom is -0.327 e. The van der Waals surface area contributed by atoms with Crippen molar-refractivity contribution in [1.29, 1.82) is 0 Å². The molecule has 5 nitrogen and oxygen atoms in total. The minimum absolute atomic E-state index is 0.0614. The molecule has 0 aromatic heterocycles. The molecule has 2 fully saturated rings. The van der Waals surface area contributed by atoms with E-state index in [1.54, 1.807) is 0 Å². The first kappa shape index (κ1) is 16.5. The zero-order valence-corrected chi connectivity index (χ0v) is 12.6. The van der Waals surface area contributed by atoms with Gasteiger partial charge < -0.3 is 4.90 Å². The van der Waals surface area contributed by atoms with Gasteiger partial charge in [-0.1, -0.05) is 12.1 Å². The molecule has 24 heavy (non-hydrogen) atoms. The van der Waals surface area contributed by atoms with Crippen LogP contribution >= 0.6 is 0 Å². The van der Waals surface area contributed by atoms with Crippen LogP contribution in [0.1, 0.15) is 30.4 Å². The Hall–Kier alpha value is -2.38. The summed E-state index contributed by atoms with van der Waals surface area (Å²) in [6, 6.07) is 3.48. The highest BCUT2D eigenvalue weighted by atomic mass is 19.4. The third-order valence-corrected chi connectivity index (χ3v) is 4.14. The van der Waals surface area contributed by atoms with Crippen LogP contribution in [0.4, 0.5) is 13.2 Å². The number of halogens is 3. The fourth-order valence-corrected chi connectivity index (χ4v) is 2.83. The lowest BCUT2D eigenvalue weighted by atomic mass is 10.1. The molecule has 1 atom stereocenters. The molecular weight excluding hydrogens is 325 g/mol. The summed E-state index contributed by atoms with van der Waals surface area (Å²) < 4.78 is 37.7. The minimum atomic E-state index is -4.43. The molecule has 1 aliphatic carbocycles. The van der Waals surface area contributed by atoms with Crippen LogP contribution in [0, 0.1) is 0 Å². The van der Waals surface area contributed by atoms with Crippen LogP contribution < -0.4 is 5.32 Å². The summed E-state index contributed by atoms with van der Waals surface area (Å²) >= 11 is 0. The summed E-state index contributed by atoms with van der Waals surface area (Å²) in [6.45, 7) is 0. The second-order valence-corrected chi connectivity index (χ2v) is 6.04. The lowest BCUT2D eigenvalue weighted by molar-refractivity contribution is -0.139. The van der Waals surface area contributed by atoms with Gasteiger partial charge in [0.25, 0.3) is 0 Å². The van der Waals surface area contributed by atoms with Crippen molar-refractivity contribution < 1.29 is 27.6 Å². The van der Waals surface area contributed by atoms with Gasteiger partial charge in [0.1, 0.15) is 6.04 Å². The normalized spacial score (nSPS) is 20.9. The first-order valence-corrected chi connectivity index (χ1v) is 7.56. The Balaban J connectivity index is 1.72. The number of hydrogen-bond donors (Lipinski definition) is 1. The fourth-order valence-electron chi connectivity index (χ4n) is 2.83. The predicted octanol–water partition coefficient (Wildman–Crippen LogP) is 1.65. The first-order valence-electron chi connectivity index (χ1n) is 7.56. The van der Waals surface area contributed by atoms with Crippen molar-refractivity contribution in [2.75, 3.05) is 0 Å². The summed E-state index contributed by atoms with van der Waals surface area (Å²) in [5, 5.41) is 2.18. The lowest BCUT2D eigenvalue weighted by Gasteiger charge is -2.26. The number of carbonyl (C=O) groups excluding carboxylic acids is 3. The summed E-state index contributed by atoms with van der Waals surface area (Å²) in [5.74, 6) is -1.27. The predicted molar refractivity (Wildman–Crippen MR) is 76.6 cm³/mol. The largest absolute Gasteiger partial charge is 0.416 e. The highest BCUT2D eigenvalue weighted by Gasteiger charge is 2.44. The number of nitrogens with one attached hydrogen (secondary N) is 1. The molecule has 0 radical (unpaired) electrons. The van der Waals surface area contributed by atoms with E-state index < -0.39 is 29.6 Å². The highest BCUT2D eigenvalue weighted by Crippen LogP contribution is 2.32. The van der Waals surface area contributed by atoms with E-state index in [0.29, 0.717) is 5.56 Å². The average Bonchev–Trinajstić information content (AvgIpc) is 3.25. The zero-order chi connectivity index (χ0) is 17.5. The van der Waals surface area contributed by atoms with Gasteiger partial charge in [-0.15, -0.1) is 0 Å². The van der Waals surface area contributed by atoms with Gasteiger partial charge in [0.05, 0.1) is 18.4 Å². The molecule has 1 aromatic carbocycles. The number of imide groups is 1. The molecule has 0 bridgehead atoms. The molecule has 1 aromatic rings. The van der Waals surface area contributed by atoms with Crippen molar-refractivity contribution in [3.8, 4) is 0 Å². The van der Waals surface area contributed by atoms with Crippen LogP contribution in [-0.4, -0.2) is 34.7 Å². The van der Waals surface area contributed by atoms with Crippen molar-refractivity contribution >= 4 is 17.7 Å². The van der Waals surface area contributed by atoms with Crippen molar-refractivity contribution in [3.63, 3.8) is 0 Å². The quantitative estimate of drug-likeness (QED) is 0.848. The maximum atomic E-state index is 12.6. The van der Waals surface area contributed by atoms with E-state index in [1.807, 2.05) is 0 Å². The Morgan fingerprint density at radius 2 is 1.79 bits per heavy atom. The molecule has 2 aliphatic rings. The number of hydrogen-bond acceptors (Lipinski definition) is 3. The molecule has 0 spiro atoms.